The van der Waals surface area contributed by atoms with E-state index >= 15 is 0 Å². The fourth-order valence-corrected chi connectivity index (χ4v) is 3.91. The van der Waals surface area contributed by atoms with E-state index in [1.54, 1.807) is 12.1 Å². The van der Waals surface area contributed by atoms with E-state index in [1.807, 2.05) is 61.5 Å². The van der Waals surface area contributed by atoms with Crippen LogP contribution in [0.5, 0.6) is 11.5 Å². The maximum absolute atomic E-state index is 13.2. The molecule has 0 aliphatic carbocycles. The maximum Gasteiger partial charge on any atom is 0.161 e. The largest absolute Gasteiger partial charge is 0.490 e. The smallest absolute Gasteiger partial charge is 0.161 e. The van der Waals surface area contributed by atoms with Crippen LogP contribution in [0.4, 0.5) is 4.39 Å². The van der Waals surface area contributed by atoms with Crippen molar-refractivity contribution in [1.82, 2.24) is 9.97 Å². The molecule has 1 heterocycles. The third-order valence-electron chi connectivity index (χ3n) is 5.64. The molecule has 5 heteroatoms. The van der Waals surface area contributed by atoms with Crippen LogP contribution in [0.2, 0.25) is 0 Å². The molecule has 1 aromatic heterocycles. The van der Waals surface area contributed by atoms with Crippen LogP contribution in [0.3, 0.4) is 0 Å². The number of nitrogens with zero attached hydrogens (tertiary/aromatic N) is 1. The third kappa shape index (κ3) is 5.09. The molecule has 35 heavy (non-hydrogen) atoms. The SMILES string of the molecule is CCOc1cc(-c2nc(-c3ccccc3)c(-c3ccccc3)[nH]2)ccc1OCc1ccc(F)cc1. The first-order chi connectivity index (χ1) is 17.2. The van der Waals surface area contributed by atoms with Gasteiger partial charge in [-0.15, -0.1) is 0 Å². The molecule has 0 saturated carbocycles. The number of halogens is 1. The minimum atomic E-state index is -0.267. The summed E-state index contributed by atoms with van der Waals surface area (Å²) in [5, 5.41) is 0. The summed E-state index contributed by atoms with van der Waals surface area (Å²) in [6.07, 6.45) is 0. The molecule has 0 amide bonds. The first-order valence-electron chi connectivity index (χ1n) is 11.6. The second-order valence-corrected chi connectivity index (χ2v) is 8.05. The second kappa shape index (κ2) is 10.3. The summed E-state index contributed by atoms with van der Waals surface area (Å²) >= 11 is 0. The molecule has 0 atom stereocenters. The van der Waals surface area contributed by atoms with Gasteiger partial charge in [-0.1, -0.05) is 72.8 Å². The van der Waals surface area contributed by atoms with Crippen LogP contribution >= 0.6 is 0 Å². The highest BCUT2D eigenvalue weighted by molar-refractivity contribution is 5.81. The Labute approximate surface area is 204 Å². The summed E-state index contributed by atoms with van der Waals surface area (Å²) < 4.78 is 25.1. The summed E-state index contributed by atoms with van der Waals surface area (Å²) in [6.45, 7) is 2.75. The highest BCUT2D eigenvalue weighted by atomic mass is 19.1. The number of hydrogen-bond donors (Lipinski definition) is 1. The molecule has 4 nitrogen and oxygen atoms in total. The van der Waals surface area contributed by atoms with Crippen LogP contribution in [-0.2, 0) is 6.61 Å². The van der Waals surface area contributed by atoms with Crippen molar-refractivity contribution in [2.45, 2.75) is 13.5 Å². The molecule has 1 N–H and O–H groups in total. The summed E-state index contributed by atoms with van der Waals surface area (Å²) in [5.74, 6) is 1.73. The molecule has 0 fully saturated rings. The number of benzene rings is 4. The standard InChI is InChI=1S/C30H25FN2O2/c1-2-34-27-19-24(15-18-26(27)35-20-21-13-16-25(31)17-14-21)30-32-28(22-9-5-3-6-10-22)29(33-30)23-11-7-4-8-12-23/h3-19H,2,20H2,1H3,(H,32,33). The minimum absolute atomic E-state index is 0.267. The molecule has 0 saturated heterocycles. The molecular formula is C30H25FN2O2. The lowest BCUT2D eigenvalue weighted by atomic mass is 10.1. The molecule has 0 aliphatic heterocycles. The Morgan fingerprint density at radius 1 is 0.714 bits per heavy atom. The van der Waals surface area contributed by atoms with Gasteiger partial charge in [-0.3, -0.25) is 0 Å². The van der Waals surface area contributed by atoms with E-state index in [0.717, 1.165) is 39.5 Å². The van der Waals surface area contributed by atoms with Gasteiger partial charge in [0.1, 0.15) is 18.2 Å². The van der Waals surface area contributed by atoms with E-state index in [0.29, 0.717) is 24.7 Å². The molecule has 0 unspecified atom stereocenters. The van der Waals surface area contributed by atoms with Crippen molar-refractivity contribution in [2.75, 3.05) is 6.61 Å². The number of imidazole rings is 1. The Balaban J connectivity index is 1.50. The van der Waals surface area contributed by atoms with Crippen molar-refractivity contribution in [3.05, 3.63) is 115 Å². The van der Waals surface area contributed by atoms with Crippen molar-refractivity contribution in [1.29, 1.82) is 0 Å². The van der Waals surface area contributed by atoms with Crippen LogP contribution in [0, 0.1) is 5.82 Å². The van der Waals surface area contributed by atoms with Gasteiger partial charge in [-0.25, -0.2) is 9.37 Å². The Hall–Kier alpha value is -4.38. The normalized spacial score (nSPS) is 10.8. The van der Waals surface area contributed by atoms with Gasteiger partial charge in [-0.05, 0) is 42.8 Å². The lowest BCUT2D eigenvalue weighted by Gasteiger charge is -2.13. The molecule has 0 radical (unpaired) electrons. The number of ether oxygens (including phenoxy) is 2. The first-order valence-corrected chi connectivity index (χ1v) is 11.6. The van der Waals surface area contributed by atoms with Crippen LogP contribution < -0.4 is 9.47 Å². The van der Waals surface area contributed by atoms with E-state index in [2.05, 4.69) is 29.2 Å². The second-order valence-electron chi connectivity index (χ2n) is 8.05. The molecular weight excluding hydrogens is 439 g/mol. The van der Waals surface area contributed by atoms with Gasteiger partial charge >= 0.3 is 0 Å². The van der Waals surface area contributed by atoms with Crippen molar-refractivity contribution in [3.63, 3.8) is 0 Å². The number of aromatic amines is 1. The average molecular weight is 465 g/mol. The van der Waals surface area contributed by atoms with Crippen molar-refractivity contribution >= 4 is 0 Å². The van der Waals surface area contributed by atoms with Gasteiger partial charge in [-0.2, -0.15) is 0 Å². The van der Waals surface area contributed by atoms with Gasteiger partial charge in [0.25, 0.3) is 0 Å². The number of aromatic nitrogens is 2. The van der Waals surface area contributed by atoms with Crippen LogP contribution in [0.25, 0.3) is 33.9 Å². The Morgan fingerprint density at radius 2 is 1.40 bits per heavy atom. The average Bonchev–Trinajstić information content (AvgIpc) is 3.36. The number of hydrogen-bond acceptors (Lipinski definition) is 3. The molecule has 0 aliphatic rings. The van der Waals surface area contributed by atoms with Gasteiger partial charge in [0.05, 0.1) is 18.0 Å². The molecule has 5 aromatic rings. The van der Waals surface area contributed by atoms with Crippen LogP contribution in [-0.4, -0.2) is 16.6 Å². The fraction of sp³-hybridized carbons (Fsp3) is 0.100. The van der Waals surface area contributed by atoms with Gasteiger partial charge in [0.15, 0.2) is 11.5 Å². The zero-order valence-electron chi connectivity index (χ0n) is 19.4. The number of H-pyrrole nitrogens is 1. The minimum Gasteiger partial charge on any atom is -0.490 e. The quantitative estimate of drug-likeness (QED) is 0.258. The van der Waals surface area contributed by atoms with E-state index in [1.165, 1.54) is 12.1 Å². The molecule has 4 aromatic carbocycles. The zero-order valence-corrected chi connectivity index (χ0v) is 19.4. The Bertz CT molecular complexity index is 1340. The van der Waals surface area contributed by atoms with E-state index in [9.17, 15) is 4.39 Å². The lowest BCUT2D eigenvalue weighted by molar-refractivity contribution is 0.269. The van der Waals surface area contributed by atoms with E-state index < -0.39 is 0 Å². The van der Waals surface area contributed by atoms with Crippen molar-refractivity contribution < 1.29 is 13.9 Å². The summed E-state index contributed by atoms with van der Waals surface area (Å²) in [5.41, 5.74) is 5.72. The molecule has 0 spiro atoms. The Kier molecular flexibility index (Phi) is 6.57. The monoisotopic (exact) mass is 464 g/mol. The zero-order chi connectivity index (χ0) is 24.0. The molecule has 174 valence electrons. The van der Waals surface area contributed by atoms with Gasteiger partial charge in [0.2, 0.25) is 0 Å². The van der Waals surface area contributed by atoms with Gasteiger partial charge in [0, 0.05) is 16.7 Å². The predicted molar refractivity (Wildman–Crippen MR) is 137 cm³/mol. The van der Waals surface area contributed by atoms with Crippen molar-refractivity contribution in [3.8, 4) is 45.4 Å². The summed E-state index contributed by atoms with van der Waals surface area (Å²) in [6, 6.07) is 32.4. The summed E-state index contributed by atoms with van der Waals surface area (Å²) in [7, 11) is 0. The maximum atomic E-state index is 13.2. The van der Waals surface area contributed by atoms with Crippen LogP contribution in [0.1, 0.15) is 12.5 Å². The summed E-state index contributed by atoms with van der Waals surface area (Å²) in [4.78, 5) is 8.49. The highest BCUT2D eigenvalue weighted by Crippen LogP contribution is 2.36. The number of nitrogens with one attached hydrogen (secondary N) is 1. The van der Waals surface area contributed by atoms with Crippen LogP contribution in [0.15, 0.2) is 103 Å². The molecule has 5 rings (SSSR count). The van der Waals surface area contributed by atoms with E-state index in [4.69, 9.17) is 14.5 Å². The van der Waals surface area contributed by atoms with Gasteiger partial charge < -0.3 is 14.5 Å². The molecule has 0 bridgehead atoms. The fourth-order valence-electron chi connectivity index (χ4n) is 3.91. The lowest BCUT2D eigenvalue weighted by Crippen LogP contribution is -2.00. The number of rotatable bonds is 8. The topological polar surface area (TPSA) is 47.1 Å². The van der Waals surface area contributed by atoms with Crippen molar-refractivity contribution in [2.24, 2.45) is 0 Å². The third-order valence-corrected chi connectivity index (χ3v) is 5.64. The predicted octanol–water partition coefficient (Wildman–Crippen LogP) is 7.53. The Morgan fingerprint density at radius 3 is 2.09 bits per heavy atom. The van der Waals surface area contributed by atoms with E-state index in [-0.39, 0.29) is 5.82 Å². The first kappa shape index (κ1) is 22.4. The highest BCUT2D eigenvalue weighted by Gasteiger charge is 2.17.